The lowest BCUT2D eigenvalue weighted by Gasteiger charge is -2.12. The molecule has 0 aliphatic heterocycles. The number of aromatic amines is 2. The van der Waals surface area contributed by atoms with Gasteiger partial charge in [-0.2, -0.15) is 5.10 Å². The van der Waals surface area contributed by atoms with E-state index in [2.05, 4.69) is 36.1 Å². The van der Waals surface area contributed by atoms with Crippen molar-refractivity contribution in [1.82, 2.24) is 39.1 Å². The summed E-state index contributed by atoms with van der Waals surface area (Å²) in [6.45, 7) is 0.514. The van der Waals surface area contributed by atoms with Gasteiger partial charge < -0.3 is 4.74 Å². The molecular weight excluding hydrogens is 696 g/mol. The van der Waals surface area contributed by atoms with Crippen LogP contribution in [0.1, 0.15) is 16.7 Å². The molecule has 0 amide bonds. The number of nitrogens with zero attached hydrogens (tertiary/aromatic N) is 6. The number of pyridine rings is 2. The number of fused-ring (bicyclic) bond motifs is 2. The van der Waals surface area contributed by atoms with Crippen molar-refractivity contribution in [2.45, 2.75) is 26.4 Å². The summed E-state index contributed by atoms with van der Waals surface area (Å²) >= 11 is 3.16. The molecule has 0 unspecified atom stereocenters. The smallest absolute Gasteiger partial charge is 0.349 e. The van der Waals surface area contributed by atoms with E-state index in [0.29, 0.717) is 6.61 Å². The lowest BCUT2D eigenvalue weighted by atomic mass is 10.1. The summed E-state index contributed by atoms with van der Waals surface area (Å²) in [4.78, 5) is 69.4. The summed E-state index contributed by atoms with van der Waals surface area (Å²) < 4.78 is 9.01. The maximum Gasteiger partial charge on any atom is 0.349 e. The van der Waals surface area contributed by atoms with Gasteiger partial charge in [-0.15, -0.1) is 0 Å². The van der Waals surface area contributed by atoms with Gasteiger partial charge >= 0.3 is 22.5 Å². The molecule has 0 aliphatic rings. The second-order valence-corrected chi connectivity index (χ2v) is 11.5. The Morgan fingerprint density at radius 1 is 0.714 bits per heavy atom. The molecule has 0 aliphatic carbocycles. The Balaban J connectivity index is 0.000000182. The third kappa shape index (κ3) is 7.58. The SMILES string of the molecule is O=c1[nH]c(=O)n(Cc2cccc3cnccc23)[nH]c1=O.O=c1c(Br)nn(Cc2cccc3cnccc23)c(=O)n1COCc1ccccc1. The van der Waals surface area contributed by atoms with Crippen LogP contribution in [0.25, 0.3) is 21.5 Å². The first-order valence-electron chi connectivity index (χ1n) is 14.8. The van der Waals surface area contributed by atoms with Crippen molar-refractivity contribution in [3.63, 3.8) is 0 Å². The first-order valence-corrected chi connectivity index (χ1v) is 15.6. The van der Waals surface area contributed by atoms with Crippen molar-refractivity contribution < 1.29 is 4.74 Å². The fourth-order valence-electron chi connectivity index (χ4n) is 5.12. The van der Waals surface area contributed by atoms with E-state index in [4.69, 9.17) is 4.74 Å². The number of hydrogen-bond donors (Lipinski definition) is 2. The molecule has 0 fully saturated rings. The van der Waals surface area contributed by atoms with Gasteiger partial charge in [0.15, 0.2) is 4.60 Å². The fraction of sp³-hybridized carbons (Fsp3) is 0.118. The van der Waals surface area contributed by atoms with E-state index in [1.807, 2.05) is 83.8 Å². The van der Waals surface area contributed by atoms with Crippen LogP contribution < -0.4 is 28.1 Å². The van der Waals surface area contributed by atoms with E-state index in [-0.39, 0.29) is 24.4 Å². The van der Waals surface area contributed by atoms with Crippen molar-refractivity contribution in [2.75, 3.05) is 0 Å². The highest BCUT2D eigenvalue weighted by atomic mass is 79.9. The largest absolute Gasteiger partial charge is 0.356 e. The molecule has 7 aromatic rings. The fourth-order valence-corrected chi connectivity index (χ4v) is 5.52. The quantitative estimate of drug-likeness (QED) is 0.223. The van der Waals surface area contributed by atoms with Crippen LogP contribution in [0.2, 0.25) is 0 Å². The Labute approximate surface area is 284 Å². The van der Waals surface area contributed by atoms with Crippen LogP contribution in [0.4, 0.5) is 0 Å². The molecule has 0 spiro atoms. The summed E-state index contributed by atoms with van der Waals surface area (Å²) in [7, 11) is 0. The average Bonchev–Trinajstić information content (AvgIpc) is 3.12. The minimum Gasteiger partial charge on any atom is -0.356 e. The molecule has 2 N–H and O–H groups in total. The standard InChI is InChI=1S/C21H17BrN4O3.C13H10N4O3/c22-19-20(27)25(14-29-13-15-5-2-1-3-6-15)21(28)26(24-19)12-17-8-4-7-16-11-23-10-9-18(16)17;18-11-12(19)16-17(13(20)15-11)7-9-3-1-2-8-6-14-5-4-10(8)9/h1-11H,12-14H2;1-6H,7H2,(H,16,19)(H,15,18,20). The molecule has 0 saturated heterocycles. The molecule has 4 aromatic heterocycles. The number of halogens is 1. The molecule has 49 heavy (non-hydrogen) atoms. The minimum atomic E-state index is -0.951. The van der Waals surface area contributed by atoms with E-state index >= 15 is 0 Å². The van der Waals surface area contributed by atoms with Gasteiger partial charge in [-0.05, 0) is 55.5 Å². The van der Waals surface area contributed by atoms with Crippen molar-refractivity contribution >= 4 is 37.5 Å². The van der Waals surface area contributed by atoms with Crippen molar-refractivity contribution in [2.24, 2.45) is 0 Å². The summed E-state index contributed by atoms with van der Waals surface area (Å²) in [5.74, 6) is 0. The monoisotopic (exact) mass is 722 g/mol. The molecular formula is C34H27BrN8O6. The first-order chi connectivity index (χ1) is 23.8. The zero-order chi connectivity index (χ0) is 34.3. The van der Waals surface area contributed by atoms with E-state index in [9.17, 15) is 24.0 Å². The van der Waals surface area contributed by atoms with Crippen molar-refractivity contribution in [1.29, 1.82) is 0 Å². The normalized spacial score (nSPS) is 11.0. The van der Waals surface area contributed by atoms with Gasteiger partial charge in [0.1, 0.15) is 6.73 Å². The highest BCUT2D eigenvalue weighted by molar-refractivity contribution is 9.10. The molecule has 0 bridgehead atoms. The second kappa shape index (κ2) is 14.8. The lowest BCUT2D eigenvalue weighted by Crippen LogP contribution is -2.43. The molecule has 246 valence electrons. The van der Waals surface area contributed by atoms with Crippen LogP contribution in [-0.4, -0.2) is 39.1 Å². The third-order valence-electron chi connectivity index (χ3n) is 7.51. The molecule has 0 radical (unpaired) electrons. The number of aromatic nitrogens is 8. The molecule has 0 atom stereocenters. The second-order valence-electron chi connectivity index (χ2n) is 10.7. The van der Waals surface area contributed by atoms with Gasteiger partial charge in [0.05, 0.1) is 19.7 Å². The first kappa shape index (κ1) is 32.9. The Hall–Kier alpha value is -6.06. The predicted octanol–water partition coefficient (Wildman–Crippen LogP) is 2.76. The molecule has 0 saturated carbocycles. The zero-order valence-electron chi connectivity index (χ0n) is 25.7. The number of rotatable bonds is 8. The Morgan fingerprint density at radius 2 is 1.35 bits per heavy atom. The molecule has 14 nitrogen and oxygen atoms in total. The van der Waals surface area contributed by atoms with E-state index in [1.165, 1.54) is 4.68 Å². The summed E-state index contributed by atoms with van der Waals surface area (Å²) in [6, 6.07) is 24.6. The summed E-state index contributed by atoms with van der Waals surface area (Å²) in [6.07, 6.45) is 6.85. The Morgan fingerprint density at radius 3 is 2.00 bits per heavy atom. The molecule has 15 heteroatoms. The number of H-pyrrole nitrogens is 2. The predicted molar refractivity (Wildman–Crippen MR) is 185 cm³/mol. The highest BCUT2D eigenvalue weighted by Crippen LogP contribution is 2.19. The summed E-state index contributed by atoms with van der Waals surface area (Å²) in [5, 5.41) is 10.2. The van der Waals surface area contributed by atoms with Crippen LogP contribution in [0, 0.1) is 0 Å². The van der Waals surface area contributed by atoms with E-state index in [0.717, 1.165) is 47.5 Å². The van der Waals surface area contributed by atoms with Crippen LogP contribution in [0.5, 0.6) is 0 Å². The highest BCUT2D eigenvalue weighted by Gasteiger charge is 2.13. The van der Waals surface area contributed by atoms with Crippen LogP contribution in [-0.2, 0) is 31.2 Å². The maximum absolute atomic E-state index is 12.9. The summed E-state index contributed by atoms with van der Waals surface area (Å²) in [5.41, 5.74) is -0.811. The van der Waals surface area contributed by atoms with Gasteiger partial charge in [0.25, 0.3) is 5.56 Å². The minimum absolute atomic E-state index is 0.0577. The number of benzene rings is 3. The van der Waals surface area contributed by atoms with Crippen LogP contribution >= 0.6 is 15.9 Å². The zero-order valence-corrected chi connectivity index (χ0v) is 27.2. The van der Waals surface area contributed by atoms with E-state index in [1.54, 1.807) is 24.8 Å². The van der Waals surface area contributed by atoms with E-state index < -0.39 is 28.1 Å². The van der Waals surface area contributed by atoms with Crippen LogP contribution in [0.3, 0.4) is 0 Å². The number of ether oxygens (including phenoxy) is 1. The van der Waals surface area contributed by atoms with Gasteiger partial charge in [-0.3, -0.25) is 34.4 Å². The molecule has 4 heterocycles. The van der Waals surface area contributed by atoms with Crippen molar-refractivity contribution in [3.05, 3.63) is 177 Å². The van der Waals surface area contributed by atoms with Gasteiger partial charge in [0, 0.05) is 35.6 Å². The molecule has 3 aromatic carbocycles. The van der Waals surface area contributed by atoms with Crippen molar-refractivity contribution in [3.8, 4) is 0 Å². The molecule has 7 rings (SSSR count). The lowest BCUT2D eigenvalue weighted by molar-refractivity contribution is 0.0569. The average molecular weight is 724 g/mol. The topological polar surface area (TPSA) is 180 Å². The maximum atomic E-state index is 12.9. The van der Waals surface area contributed by atoms with Gasteiger partial charge in [-0.25, -0.2) is 23.5 Å². The van der Waals surface area contributed by atoms with Gasteiger partial charge in [0.2, 0.25) is 0 Å². The third-order valence-corrected chi connectivity index (χ3v) is 8.01. The van der Waals surface area contributed by atoms with Gasteiger partial charge in [-0.1, -0.05) is 66.7 Å². The number of nitrogens with one attached hydrogen (secondary N) is 2. The Bertz CT molecular complexity index is 2570. The number of hydrogen-bond acceptors (Lipinski definition) is 9. The van der Waals surface area contributed by atoms with Crippen LogP contribution in [0.15, 0.2) is 132 Å². The Kier molecular flexibility index (Phi) is 9.92.